The first-order valence-electron chi connectivity index (χ1n) is 12.2. The number of piperidine rings is 1. The Bertz CT molecular complexity index is 1050. The van der Waals surface area contributed by atoms with Gasteiger partial charge >= 0.3 is 0 Å². The van der Waals surface area contributed by atoms with Gasteiger partial charge in [-0.3, -0.25) is 9.69 Å². The summed E-state index contributed by atoms with van der Waals surface area (Å²) >= 11 is 0. The number of fused-ring (bicyclic) bond motifs is 1. The number of hydrogen-bond donors (Lipinski definition) is 1. The zero-order valence-electron chi connectivity index (χ0n) is 18.6. The largest absolute Gasteiger partial charge is 0.489 e. The van der Waals surface area contributed by atoms with Crippen LogP contribution in [0.25, 0.3) is 11.3 Å². The van der Waals surface area contributed by atoms with E-state index in [4.69, 9.17) is 9.84 Å². The van der Waals surface area contributed by atoms with Gasteiger partial charge in [0.15, 0.2) is 0 Å². The summed E-state index contributed by atoms with van der Waals surface area (Å²) in [7, 11) is 0. The van der Waals surface area contributed by atoms with Gasteiger partial charge in [-0.25, -0.2) is 0 Å². The summed E-state index contributed by atoms with van der Waals surface area (Å²) in [6, 6.07) is 4.47. The van der Waals surface area contributed by atoms with Crippen LogP contribution in [0.2, 0.25) is 0 Å². The van der Waals surface area contributed by atoms with Crippen LogP contribution in [0.1, 0.15) is 63.0 Å². The van der Waals surface area contributed by atoms with Crippen LogP contribution >= 0.6 is 0 Å². The molecule has 7 nitrogen and oxygen atoms in total. The Morgan fingerprint density at radius 3 is 2.62 bits per heavy atom. The minimum Gasteiger partial charge on any atom is -0.489 e. The molecule has 7 heteroatoms. The average Bonchev–Trinajstić information content (AvgIpc) is 3.53. The number of nitrogens with zero attached hydrogens (tertiary/aromatic N) is 4. The molecule has 32 heavy (non-hydrogen) atoms. The van der Waals surface area contributed by atoms with Gasteiger partial charge in [0.25, 0.3) is 0 Å². The number of benzene rings is 1. The van der Waals surface area contributed by atoms with Crippen molar-refractivity contribution in [3.05, 3.63) is 36.2 Å². The molecule has 1 saturated heterocycles. The van der Waals surface area contributed by atoms with Crippen LogP contribution in [0.5, 0.6) is 5.75 Å². The zero-order valence-corrected chi connectivity index (χ0v) is 18.6. The zero-order chi connectivity index (χ0) is 21.7. The number of hydrogen-bond acceptors (Lipinski definition) is 5. The molecule has 2 aliphatic heterocycles. The normalized spacial score (nSPS) is 21.9. The lowest BCUT2D eigenvalue weighted by Gasteiger charge is -2.35. The van der Waals surface area contributed by atoms with Crippen molar-refractivity contribution in [1.82, 2.24) is 20.3 Å². The fraction of sp³-hybridized carbons (Fsp3) is 0.560. The van der Waals surface area contributed by atoms with E-state index in [1.54, 1.807) is 0 Å². The summed E-state index contributed by atoms with van der Waals surface area (Å²) in [5.41, 5.74) is 4.80. The average molecular weight is 434 g/mol. The highest BCUT2D eigenvalue weighted by atomic mass is 16.5. The number of ether oxygens (including phenoxy) is 1. The van der Waals surface area contributed by atoms with E-state index in [2.05, 4.69) is 29.1 Å². The standard InChI is InChI=1S/C25H31N5O2/c1-16-5-8-21-23(29(16)25(31)17-6-7-17)10-9-20(24(21)32-19-3-2-4-19)22-15-27-30(28-22)18-11-13-26-14-12-18/h9-10,15,17-19,26H,1-8,11-14H2. The molecule has 1 aromatic carbocycles. The number of allylic oxidation sites excluding steroid dienone is 1. The molecule has 0 unspecified atom stereocenters. The summed E-state index contributed by atoms with van der Waals surface area (Å²) in [5.74, 6) is 1.24. The van der Waals surface area contributed by atoms with E-state index in [1.807, 2.05) is 15.9 Å². The van der Waals surface area contributed by atoms with E-state index in [0.717, 1.165) is 98.4 Å². The Morgan fingerprint density at radius 2 is 1.91 bits per heavy atom. The molecule has 2 aliphatic carbocycles. The summed E-state index contributed by atoms with van der Waals surface area (Å²) in [6.45, 7) is 6.22. The first-order valence-corrected chi connectivity index (χ1v) is 12.2. The van der Waals surface area contributed by atoms with Gasteiger partial charge < -0.3 is 10.1 Å². The summed E-state index contributed by atoms with van der Waals surface area (Å²) in [4.78, 5) is 16.8. The van der Waals surface area contributed by atoms with E-state index in [9.17, 15) is 4.79 Å². The van der Waals surface area contributed by atoms with Gasteiger partial charge in [0, 0.05) is 22.7 Å². The van der Waals surface area contributed by atoms with Gasteiger partial charge in [-0.2, -0.15) is 15.0 Å². The maximum absolute atomic E-state index is 13.1. The van der Waals surface area contributed by atoms with Crippen molar-refractivity contribution in [2.45, 2.75) is 69.9 Å². The third kappa shape index (κ3) is 3.52. The second kappa shape index (κ2) is 8.03. The van der Waals surface area contributed by atoms with Crippen molar-refractivity contribution in [3.8, 4) is 17.0 Å². The van der Waals surface area contributed by atoms with Gasteiger partial charge in [0.05, 0.1) is 24.0 Å². The minimum absolute atomic E-state index is 0.151. The van der Waals surface area contributed by atoms with E-state index in [-0.39, 0.29) is 17.9 Å². The Labute approximate surface area is 188 Å². The molecule has 3 heterocycles. The predicted molar refractivity (Wildman–Crippen MR) is 123 cm³/mol. The second-order valence-electron chi connectivity index (χ2n) is 9.66. The topological polar surface area (TPSA) is 72.3 Å². The van der Waals surface area contributed by atoms with Crippen molar-refractivity contribution in [3.63, 3.8) is 0 Å². The lowest BCUT2D eigenvalue weighted by atomic mass is 9.93. The molecule has 168 valence electrons. The van der Waals surface area contributed by atoms with Crippen LogP contribution in [-0.4, -0.2) is 40.1 Å². The molecule has 0 radical (unpaired) electrons. The highest BCUT2D eigenvalue weighted by molar-refractivity contribution is 6.01. The van der Waals surface area contributed by atoms with Crippen molar-refractivity contribution >= 4 is 11.6 Å². The number of amides is 1. The molecule has 2 saturated carbocycles. The third-order valence-electron chi connectivity index (χ3n) is 7.36. The number of rotatable bonds is 5. The van der Waals surface area contributed by atoms with Gasteiger partial charge in [-0.1, -0.05) is 6.58 Å². The number of carbonyl (C=O) groups excluding carboxylic acids is 1. The molecule has 1 N–H and O–H groups in total. The molecule has 0 bridgehead atoms. The maximum Gasteiger partial charge on any atom is 0.234 e. The van der Waals surface area contributed by atoms with Gasteiger partial charge in [0.1, 0.15) is 11.4 Å². The first kappa shape index (κ1) is 20.0. The summed E-state index contributed by atoms with van der Waals surface area (Å²) < 4.78 is 6.57. The van der Waals surface area contributed by atoms with Crippen LogP contribution in [0.4, 0.5) is 5.69 Å². The molecular weight excluding hydrogens is 402 g/mol. The number of carbonyl (C=O) groups is 1. The lowest BCUT2D eigenvalue weighted by Crippen LogP contribution is -2.35. The van der Waals surface area contributed by atoms with E-state index >= 15 is 0 Å². The Morgan fingerprint density at radius 1 is 1.09 bits per heavy atom. The van der Waals surface area contributed by atoms with Gasteiger partial charge in [-0.15, -0.1) is 0 Å². The molecule has 3 fully saturated rings. The van der Waals surface area contributed by atoms with Crippen molar-refractivity contribution in [2.75, 3.05) is 18.0 Å². The fourth-order valence-electron chi connectivity index (χ4n) is 5.01. The molecule has 0 spiro atoms. The first-order chi connectivity index (χ1) is 15.7. The van der Waals surface area contributed by atoms with Crippen molar-refractivity contribution in [1.29, 1.82) is 0 Å². The van der Waals surface area contributed by atoms with Crippen LogP contribution in [0, 0.1) is 5.92 Å². The van der Waals surface area contributed by atoms with Crippen LogP contribution in [0.3, 0.4) is 0 Å². The fourth-order valence-corrected chi connectivity index (χ4v) is 5.01. The molecule has 2 aromatic rings. The van der Waals surface area contributed by atoms with Crippen molar-refractivity contribution < 1.29 is 9.53 Å². The Hall–Kier alpha value is -2.67. The maximum atomic E-state index is 13.1. The van der Waals surface area contributed by atoms with E-state index < -0.39 is 0 Å². The van der Waals surface area contributed by atoms with E-state index in [1.165, 1.54) is 6.42 Å². The Kier molecular flexibility index (Phi) is 5.01. The van der Waals surface area contributed by atoms with Crippen LogP contribution in [0.15, 0.2) is 30.6 Å². The molecule has 0 atom stereocenters. The monoisotopic (exact) mass is 433 g/mol. The van der Waals surface area contributed by atoms with Crippen LogP contribution in [-0.2, 0) is 11.2 Å². The molecular formula is C25H31N5O2. The number of aromatic nitrogens is 3. The van der Waals surface area contributed by atoms with Crippen LogP contribution < -0.4 is 15.0 Å². The summed E-state index contributed by atoms with van der Waals surface area (Å²) in [5, 5.41) is 12.9. The predicted octanol–water partition coefficient (Wildman–Crippen LogP) is 4.00. The quantitative estimate of drug-likeness (QED) is 0.772. The summed E-state index contributed by atoms with van der Waals surface area (Å²) in [6.07, 6.45) is 11.2. The molecule has 1 aromatic heterocycles. The minimum atomic E-state index is 0.151. The van der Waals surface area contributed by atoms with Gasteiger partial charge in [0.2, 0.25) is 5.91 Å². The van der Waals surface area contributed by atoms with Gasteiger partial charge in [-0.05, 0) is 83.0 Å². The second-order valence-corrected chi connectivity index (χ2v) is 9.66. The number of anilines is 1. The van der Waals surface area contributed by atoms with Crippen molar-refractivity contribution in [2.24, 2.45) is 5.92 Å². The SMILES string of the molecule is C=C1CCc2c(ccc(-c3cnn(C4CCNCC4)n3)c2OC2CCC2)N1C(=O)C1CC1. The number of nitrogens with one attached hydrogen (secondary N) is 1. The molecule has 6 rings (SSSR count). The highest BCUT2D eigenvalue weighted by Crippen LogP contribution is 2.46. The Balaban J connectivity index is 1.40. The smallest absolute Gasteiger partial charge is 0.234 e. The highest BCUT2D eigenvalue weighted by Gasteiger charge is 2.38. The lowest BCUT2D eigenvalue weighted by molar-refractivity contribution is -0.119. The van der Waals surface area contributed by atoms with E-state index in [0.29, 0.717) is 6.04 Å². The molecule has 4 aliphatic rings. The molecule has 1 amide bonds. The third-order valence-corrected chi connectivity index (χ3v) is 7.36.